The van der Waals surface area contributed by atoms with Crippen LogP contribution in [0, 0.1) is 5.92 Å². The number of pyridine rings is 1. The summed E-state index contributed by atoms with van der Waals surface area (Å²) in [5, 5.41) is 3.87. The third kappa shape index (κ3) is 3.40. The van der Waals surface area contributed by atoms with Crippen LogP contribution in [-0.2, 0) is 16.0 Å². The normalized spacial score (nSPS) is 16.7. The number of rotatable bonds is 4. The second-order valence-corrected chi connectivity index (χ2v) is 6.79. The molecule has 1 aliphatic heterocycles. The molecule has 3 aromatic rings. The van der Waals surface area contributed by atoms with Gasteiger partial charge in [-0.15, -0.1) is 0 Å². The molecule has 2 heterocycles. The van der Waals surface area contributed by atoms with Crippen molar-refractivity contribution in [3.8, 4) is 0 Å². The molecule has 0 spiro atoms. The number of nitrogens with zero attached hydrogens (tertiary/aromatic N) is 2. The lowest BCUT2D eigenvalue weighted by atomic mass is 10.1. The van der Waals surface area contributed by atoms with Crippen molar-refractivity contribution in [1.82, 2.24) is 4.98 Å². The summed E-state index contributed by atoms with van der Waals surface area (Å²) in [4.78, 5) is 31.2. The van der Waals surface area contributed by atoms with Gasteiger partial charge in [-0.2, -0.15) is 0 Å². The van der Waals surface area contributed by atoms with Crippen molar-refractivity contribution in [2.45, 2.75) is 19.8 Å². The Morgan fingerprint density at radius 1 is 1.15 bits per heavy atom. The Morgan fingerprint density at radius 3 is 2.74 bits per heavy atom. The van der Waals surface area contributed by atoms with Gasteiger partial charge in [-0.25, -0.2) is 0 Å². The van der Waals surface area contributed by atoms with Crippen molar-refractivity contribution in [3.05, 3.63) is 66.4 Å². The first kappa shape index (κ1) is 17.2. The van der Waals surface area contributed by atoms with E-state index in [-0.39, 0.29) is 24.2 Å². The minimum Gasteiger partial charge on any atom is -0.325 e. The van der Waals surface area contributed by atoms with Gasteiger partial charge in [0.2, 0.25) is 11.8 Å². The molecule has 2 amide bonds. The minimum atomic E-state index is -0.365. The molecule has 0 radical (unpaired) electrons. The van der Waals surface area contributed by atoms with Crippen LogP contribution in [0.5, 0.6) is 0 Å². The van der Waals surface area contributed by atoms with Gasteiger partial charge in [0.05, 0.1) is 17.1 Å². The van der Waals surface area contributed by atoms with E-state index in [1.54, 1.807) is 11.1 Å². The predicted octanol–water partition coefficient (Wildman–Crippen LogP) is 3.79. The molecule has 0 saturated carbocycles. The van der Waals surface area contributed by atoms with Crippen LogP contribution in [0.3, 0.4) is 0 Å². The van der Waals surface area contributed by atoms with Crippen LogP contribution in [0.1, 0.15) is 18.9 Å². The first-order valence-electron chi connectivity index (χ1n) is 9.19. The van der Waals surface area contributed by atoms with Crippen LogP contribution < -0.4 is 10.2 Å². The number of anilines is 2. The van der Waals surface area contributed by atoms with Crippen molar-refractivity contribution in [1.29, 1.82) is 0 Å². The number of nitrogens with one attached hydrogen (secondary N) is 1. The Morgan fingerprint density at radius 2 is 1.96 bits per heavy atom. The van der Waals surface area contributed by atoms with Crippen LogP contribution >= 0.6 is 0 Å². The van der Waals surface area contributed by atoms with Crippen molar-refractivity contribution >= 4 is 34.1 Å². The van der Waals surface area contributed by atoms with E-state index in [1.165, 1.54) is 5.56 Å². The van der Waals surface area contributed by atoms with Gasteiger partial charge in [0.25, 0.3) is 0 Å². The number of carbonyl (C=O) groups excluding carboxylic acids is 2. The van der Waals surface area contributed by atoms with E-state index in [0.29, 0.717) is 6.54 Å². The topological polar surface area (TPSA) is 62.3 Å². The molecule has 5 heteroatoms. The van der Waals surface area contributed by atoms with Crippen molar-refractivity contribution < 1.29 is 9.59 Å². The zero-order chi connectivity index (χ0) is 18.8. The lowest BCUT2D eigenvalue weighted by Crippen LogP contribution is -2.28. The van der Waals surface area contributed by atoms with Gasteiger partial charge >= 0.3 is 0 Å². The smallest absolute Gasteiger partial charge is 0.229 e. The monoisotopic (exact) mass is 359 g/mol. The average Bonchev–Trinajstić information content (AvgIpc) is 3.10. The molecule has 0 aliphatic carbocycles. The Bertz CT molecular complexity index is 993. The number of aryl methyl sites for hydroxylation is 1. The SMILES string of the molecule is CCc1ccc(N2C[C@@H](C(=O)Nc3cccc4ncccc34)CC2=O)cc1. The summed E-state index contributed by atoms with van der Waals surface area (Å²) >= 11 is 0. The summed E-state index contributed by atoms with van der Waals surface area (Å²) in [6.45, 7) is 2.50. The summed E-state index contributed by atoms with van der Waals surface area (Å²) in [6.07, 6.45) is 2.91. The van der Waals surface area contributed by atoms with E-state index < -0.39 is 0 Å². The zero-order valence-electron chi connectivity index (χ0n) is 15.2. The van der Waals surface area contributed by atoms with E-state index in [4.69, 9.17) is 0 Å². The number of hydrogen-bond donors (Lipinski definition) is 1. The van der Waals surface area contributed by atoms with Crippen LogP contribution in [0.15, 0.2) is 60.8 Å². The average molecular weight is 359 g/mol. The molecular formula is C22H21N3O2. The highest BCUT2D eigenvalue weighted by molar-refractivity contribution is 6.06. The molecule has 1 saturated heterocycles. The fourth-order valence-electron chi connectivity index (χ4n) is 3.49. The first-order chi connectivity index (χ1) is 13.2. The summed E-state index contributed by atoms with van der Waals surface area (Å²) in [6, 6.07) is 17.4. The number of aromatic nitrogens is 1. The quantitative estimate of drug-likeness (QED) is 0.771. The molecule has 136 valence electrons. The third-order valence-electron chi connectivity index (χ3n) is 5.06. The van der Waals surface area contributed by atoms with Gasteiger partial charge in [0, 0.05) is 30.2 Å². The fourth-order valence-corrected chi connectivity index (χ4v) is 3.49. The molecule has 1 aromatic heterocycles. The summed E-state index contributed by atoms with van der Waals surface area (Å²) in [5.74, 6) is -0.512. The standard InChI is InChI=1S/C22H21N3O2/c1-2-15-8-10-17(11-9-15)25-14-16(13-21(25)26)22(27)24-20-7-3-6-19-18(20)5-4-12-23-19/h3-12,16H,2,13-14H2,1H3,(H,24,27)/t16-/m0/s1. The summed E-state index contributed by atoms with van der Waals surface area (Å²) in [7, 11) is 0. The highest BCUT2D eigenvalue weighted by Crippen LogP contribution is 2.28. The van der Waals surface area contributed by atoms with E-state index in [9.17, 15) is 9.59 Å². The van der Waals surface area contributed by atoms with Crippen molar-refractivity contribution in [2.75, 3.05) is 16.8 Å². The van der Waals surface area contributed by atoms with Crippen LogP contribution in [-0.4, -0.2) is 23.3 Å². The molecule has 5 nitrogen and oxygen atoms in total. The number of amides is 2. The van der Waals surface area contributed by atoms with Gasteiger partial charge in [0.1, 0.15) is 0 Å². The molecule has 1 N–H and O–H groups in total. The lowest BCUT2D eigenvalue weighted by molar-refractivity contribution is -0.122. The van der Waals surface area contributed by atoms with Gasteiger partial charge in [0.15, 0.2) is 0 Å². The van der Waals surface area contributed by atoms with Crippen LogP contribution in [0.2, 0.25) is 0 Å². The molecule has 0 bridgehead atoms. The first-order valence-corrected chi connectivity index (χ1v) is 9.19. The maximum Gasteiger partial charge on any atom is 0.229 e. The van der Waals surface area contributed by atoms with E-state index in [0.717, 1.165) is 28.7 Å². The Balaban J connectivity index is 1.50. The van der Waals surface area contributed by atoms with Gasteiger partial charge in [-0.3, -0.25) is 14.6 Å². The highest BCUT2D eigenvalue weighted by atomic mass is 16.2. The maximum atomic E-state index is 12.8. The number of hydrogen-bond acceptors (Lipinski definition) is 3. The van der Waals surface area contributed by atoms with Crippen LogP contribution in [0.25, 0.3) is 10.9 Å². The van der Waals surface area contributed by atoms with Crippen LogP contribution in [0.4, 0.5) is 11.4 Å². The minimum absolute atomic E-state index is 0.0148. The largest absolute Gasteiger partial charge is 0.325 e. The fraction of sp³-hybridized carbons (Fsp3) is 0.227. The van der Waals surface area contributed by atoms with Gasteiger partial charge < -0.3 is 10.2 Å². The Kier molecular flexibility index (Phi) is 4.59. The molecule has 1 aliphatic rings. The maximum absolute atomic E-state index is 12.8. The molecular weight excluding hydrogens is 338 g/mol. The summed E-state index contributed by atoms with van der Waals surface area (Å²) < 4.78 is 0. The van der Waals surface area contributed by atoms with Crippen molar-refractivity contribution in [2.24, 2.45) is 5.92 Å². The number of benzene rings is 2. The molecule has 27 heavy (non-hydrogen) atoms. The van der Waals surface area contributed by atoms with E-state index >= 15 is 0 Å². The zero-order valence-corrected chi connectivity index (χ0v) is 15.2. The van der Waals surface area contributed by atoms with E-state index in [1.807, 2.05) is 54.6 Å². The van der Waals surface area contributed by atoms with Gasteiger partial charge in [-0.1, -0.05) is 25.1 Å². The van der Waals surface area contributed by atoms with Crippen molar-refractivity contribution in [3.63, 3.8) is 0 Å². The lowest BCUT2D eigenvalue weighted by Gasteiger charge is -2.17. The Hall–Kier alpha value is -3.21. The Labute approximate surface area is 158 Å². The van der Waals surface area contributed by atoms with E-state index in [2.05, 4.69) is 17.2 Å². The molecule has 1 atom stereocenters. The third-order valence-corrected chi connectivity index (χ3v) is 5.06. The second kappa shape index (κ2) is 7.19. The molecule has 2 aromatic carbocycles. The summed E-state index contributed by atoms with van der Waals surface area (Å²) in [5.41, 5.74) is 3.63. The van der Waals surface area contributed by atoms with Gasteiger partial charge in [-0.05, 0) is 48.4 Å². The predicted molar refractivity (Wildman–Crippen MR) is 107 cm³/mol. The molecule has 0 unspecified atom stereocenters. The molecule has 1 fully saturated rings. The highest BCUT2D eigenvalue weighted by Gasteiger charge is 2.35. The number of carbonyl (C=O) groups is 2. The number of fused-ring (bicyclic) bond motifs is 1. The second-order valence-electron chi connectivity index (χ2n) is 6.79. The molecule has 4 rings (SSSR count).